The molecule has 1 heterocycles. The van der Waals surface area contributed by atoms with Crippen LogP contribution in [0.3, 0.4) is 0 Å². The van der Waals surface area contributed by atoms with Gasteiger partial charge in [0.15, 0.2) is 0 Å². The van der Waals surface area contributed by atoms with E-state index in [1.165, 1.54) is 6.20 Å². The molecule has 1 aromatic carbocycles. The Morgan fingerprint density at radius 1 is 1.31 bits per heavy atom. The third-order valence-corrected chi connectivity index (χ3v) is 2.60. The fourth-order valence-corrected chi connectivity index (χ4v) is 1.69. The molecular formula is C10H10N2O3S. The number of nitrogens with zero attached hydrogens (tertiary/aromatic N) is 2. The second-order valence-electron chi connectivity index (χ2n) is 3.35. The van der Waals surface area contributed by atoms with E-state index in [1.807, 2.05) is 24.3 Å². The minimum Gasteiger partial charge on any atom is -0.265 e. The maximum atomic E-state index is 10.9. The van der Waals surface area contributed by atoms with Crippen LogP contribution in [0.4, 0.5) is 0 Å². The summed E-state index contributed by atoms with van der Waals surface area (Å²) in [4.78, 5) is 0. The summed E-state index contributed by atoms with van der Waals surface area (Å²) < 4.78 is 26.5. The van der Waals surface area contributed by atoms with Crippen molar-refractivity contribution < 1.29 is 12.6 Å². The molecule has 0 atom stereocenters. The van der Waals surface area contributed by atoms with Crippen molar-refractivity contribution in [3.63, 3.8) is 0 Å². The first-order chi connectivity index (χ1) is 7.56. The summed E-state index contributed by atoms with van der Waals surface area (Å²) in [6.07, 6.45) is 2.53. The molecular weight excluding hydrogens is 228 g/mol. The van der Waals surface area contributed by atoms with Crippen LogP contribution in [-0.2, 0) is 20.9 Å². The Bertz CT molecular complexity index is 605. The molecule has 0 radical (unpaired) electrons. The van der Waals surface area contributed by atoms with Gasteiger partial charge in [-0.2, -0.15) is 18.6 Å². The molecule has 0 saturated heterocycles. The highest BCUT2D eigenvalue weighted by Gasteiger charge is 2.06. The lowest BCUT2D eigenvalue weighted by molar-refractivity contribution is 0.312. The second kappa shape index (κ2) is 4.15. The van der Waals surface area contributed by atoms with Gasteiger partial charge in [0.25, 0.3) is 10.1 Å². The molecule has 84 valence electrons. The van der Waals surface area contributed by atoms with Crippen molar-refractivity contribution in [3.8, 4) is 0 Å². The second-order valence-corrected chi connectivity index (χ2v) is 5.00. The number of hydrogen-bond donors (Lipinski definition) is 0. The molecule has 0 aliphatic heterocycles. The Morgan fingerprint density at radius 3 is 2.81 bits per heavy atom. The van der Waals surface area contributed by atoms with Crippen molar-refractivity contribution in [2.24, 2.45) is 0 Å². The van der Waals surface area contributed by atoms with Gasteiger partial charge in [0, 0.05) is 10.9 Å². The predicted molar refractivity (Wildman–Crippen MR) is 59.2 cm³/mol. The maximum Gasteiger partial charge on any atom is 0.264 e. The van der Waals surface area contributed by atoms with Gasteiger partial charge in [-0.05, 0) is 6.07 Å². The summed E-state index contributed by atoms with van der Waals surface area (Å²) >= 11 is 0. The van der Waals surface area contributed by atoms with Gasteiger partial charge in [-0.25, -0.2) is 0 Å². The van der Waals surface area contributed by atoms with E-state index in [0.717, 1.165) is 17.2 Å². The molecule has 0 fully saturated rings. The van der Waals surface area contributed by atoms with Crippen molar-refractivity contribution in [2.45, 2.75) is 6.61 Å². The standard InChI is InChI=1S/C10H10N2O3S/c1-16(13,14)15-7-8-6-11-12-10-5-3-2-4-9(8)10/h2-6H,7H2,1H3. The normalized spacial score (nSPS) is 11.8. The quantitative estimate of drug-likeness (QED) is 0.749. The minimum atomic E-state index is -3.44. The highest BCUT2D eigenvalue weighted by atomic mass is 32.2. The van der Waals surface area contributed by atoms with Crippen LogP contribution in [-0.4, -0.2) is 24.9 Å². The highest BCUT2D eigenvalue weighted by Crippen LogP contribution is 2.16. The molecule has 0 saturated carbocycles. The molecule has 0 bridgehead atoms. The van der Waals surface area contributed by atoms with E-state index in [9.17, 15) is 8.42 Å². The molecule has 0 N–H and O–H groups in total. The fraction of sp³-hybridized carbons (Fsp3) is 0.200. The van der Waals surface area contributed by atoms with E-state index in [2.05, 4.69) is 10.2 Å². The maximum absolute atomic E-state index is 10.9. The van der Waals surface area contributed by atoms with Crippen LogP contribution in [0.25, 0.3) is 10.9 Å². The van der Waals surface area contributed by atoms with Crippen molar-refractivity contribution >= 4 is 21.0 Å². The Labute approximate surface area is 93.2 Å². The van der Waals surface area contributed by atoms with Gasteiger partial charge in [-0.15, -0.1) is 0 Å². The van der Waals surface area contributed by atoms with Crippen LogP contribution in [0.2, 0.25) is 0 Å². The van der Waals surface area contributed by atoms with Crippen LogP contribution < -0.4 is 0 Å². The SMILES string of the molecule is CS(=O)(=O)OCc1cnnc2ccccc12. The van der Waals surface area contributed by atoms with E-state index in [-0.39, 0.29) is 6.61 Å². The van der Waals surface area contributed by atoms with Gasteiger partial charge < -0.3 is 0 Å². The topological polar surface area (TPSA) is 69.2 Å². The molecule has 0 aliphatic carbocycles. The zero-order valence-corrected chi connectivity index (χ0v) is 9.44. The number of aromatic nitrogens is 2. The van der Waals surface area contributed by atoms with Crippen LogP contribution in [0.5, 0.6) is 0 Å². The number of benzene rings is 1. The Kier molecular flexibility index (Phi) is 2.84. The lowest BCUT2D eigenvalue weighted by atomic mass is 10.1. The van der Waals surface area contributed by atoms with Gasteiger partial charge >= 0.3 is 0 Å². The van der Waals surface area contributed by atoms with E-state index in [4.69, 9.17) is 4.18 Å². The number of fused-ring (bicyclic) bond motifs is 1. The summed E-state index contributed by atoms with van der Waals surface area (Å²) in [6, 6.07) is 7.36. The van der Waals surface area contributed by atoms with Gasteiger partial charge in [0.1, 0.15) is 0 Å². The Morgan fingerprint density at radius 2 is 2.06 bits per heavy atom. The first-order valence-corrected chi connectivity index (χ1v) is 6.41. The minimum absolute atomic E-state index is 0.0190. The summed E-state index contributed by atoms with van der Waals surface area (Å²) in [6.45, 7) is -0.0190. The smallest absolute Gasteiger partial charge is 0.264 e. The molecule has 6 heteroatoms. The largest absolute Gasteiger partial charge is 0.265 e. The highest BCUT2D eigenvalue weighted by molar-refractivity contribution is 7.85. The molecule has 1 aromatic heterocycles. The molecule has 16 heavy (non-hydrogen) atoms. The third kappa shape index (κ3) is 2.53. The van der Waals surface area contributed by atoms with E-state index < -0.39 is 10.1 Å². The van der Waals surface area contributed by atoms with Gasteiger partial charge in [0.05, 0.1) is 24.6 Å². The Hall–Kier alpha value is -1.53. The van der Waals surface area contributed by atoms with Crippen LogP contribution in [0.15, 0.2) is 30.5 Å². The molecule has 0 aliphatic rings. The summed E-state index contributed by atoms with van der Waals surface area (Å²) in [5.74, 6) is 0. The lowest BCUT2D eigenvalue weighted by Crippen LogP contribution is -2.03. The van der Waals surface area contributed by atoms with Crippen molar-refractivity contribution in [2.75, 3.05) is 6.26 Å². The first kappa shape index (κ1) is 11.0. The van der Waals surface area contributed by atoms with Crippen LogP contribution in [0.1, 0.15) is 5.56 Å². The van der Waals surface area contributed by atoms with Gasteiger partial charge in [-0.1, -0.05) is 18.2 Å². The zero-order chi connectivity index (χ0) is 11.6. The molecule has 0 amide bonds. The molecule has 2 rings (SSSR count). The number of rotatable bonds is 3. The zero-order valence-electron chi connectivity index (χ0n) is 8.62. The fourth-order valence-electron chi connectivity index (χ4n) is 1.35. The van der Waals surface area contributed by atoms with Crippen LogP contribution >= 0.6 is 0 Å². The Balaban J connectivity index is 2.38. The monoisotopic (exact) mass is 238 g/mol. The van der Waals surface area contributed by atoms with Crippen molar-refractivity contribution in [1.29, 1.82) is 0 Å². The molecule has 0 unspecified atom stereocenters. The molecule has 0 spiro atoms. The summed E-state index contributed by atoms with van der Waals surface area (Å²) in [5, 5.41) is 8.57. The van der Waals surface area contributed by atoms with E-state index in [1.54, 1.807) is 0 Å². The third-order valence-electron chi connectivity index (χ3n) is 2.06. The van der Waals surface area contributed by atoms with Crippen molar-refractivity contribution in [1.82, 2.24) is 10.2 Å². The van der Waals surface area contributed by atoms with Gasteiger partial charge in [0.2, 0.25) is 0 Å². The molecule has 5 nitrogen and oxygen atoms in total. The first-order valence-electron chi connectivity index (χ1n) is 4.60. The lowest BCUT2D eigenvalue weighted by Gasteiger charge is -2.04. The average molecular weight is 238 g/mol. The predicted octanol–water partition coefficient (Wildman–Crippen LogP) is 1.11. The van der Waals surface area contributed by atoms with E-state index in [0.29, 0.717) is 5.56 Å². The van der Waals surface area contributed by atoms with E-state index >= 15 is 0 Å². The summed E-state index contributed by atoms with van der Waals surface area (Å²) in [5.41, 5.74) is 1.42. The van der Waals surface area contributed by atoms with Crippen molar-refractivity contribution in [3.05, 3.63) is 36.0 Å². The molecule has 2 aromatic rings. The number of hydrogen-bond acceptors (Lipinski definition) is 5. The average Bonchev–Trinajstić information content (AvgIpc) is 2.25. The van der Waals surface area contributed by atoms with Gasteiger partial charge in [-0.3, -0.25) is 4.18 Å². The van der Waals surface area contributed by atoms with Crippen LogP contribution in [0, 0.1) is 0 Å². The summed E-state index contributed by atoms with van der Waals surface area (Å²) in [7, 11) is -3.44.